The molecule has 0 unspecified atom stereocenters. The van der Waals surface area contributed by atoms with Crippen molar-refractivity contribution in [2.24, 2.45) is 0 Å². The van der Waals surface area contributed by atoms with E-state index in [0.29, 0.717) is 0 Å². The van der Waals surface area contributed by atoms with Crippen LogP contribution in [-0.4, -0.2) is 26.5 Å². The van der Waals surface area contributed by atoms with E-state index in [2.05, 4.69) is 4.72 Å². The first kappa shape index (κ1) is 17.7. The van der Waals surface area contributed by atoms with Gasteiger partial charge in [0, 0.05) is 12.1 Å². The van der Waals surface area contributed by atoms with Gasteiger partial charge in [0.05, 0.1) is 18.1 Å². The minimum absolute atomic E-state index is 0.0162. The number of nitrogens with zero attached hydrogens (tertiary/aromatic N) is 1. The maximum Gasteiger partial charge on any atom is 0.273 e. The largest absolute Gasteiger partial charge is 0.495 e. The number of benzene rings is 1. The van der Waals surface area contributed by atoms with E-state index in [1.54, 1.807) is 0 Å². The van der Waals surface area contributed by atoms with Crippen LogP contribution in [0.15, 0.2) is 23.1 Å². The summed E-state index contributed by atoms with van der Waals surface area (Å²) in [5.74, 6) is -0.0162. The van der Waals surface area contributed by atoms with Crippen LogP contribution in [0.4, 0.5) is 5.69 Å². The first-order valence-electron chi connectivity index (χ1n) is 7.79. The third kappa shape index (κ3) is 4.65. The molecule has 1 saturated carbocycles. The average molecular weight is 342 g/mol. The highest BCUT2D eigenvalue weighted by Gasteiger charge is 2.25. The normalized spacial score (nSPS) is 17.3. The highest BCUT2D eigenvalue weighted by Crippen LogP contribution is 2.29. The van der Waals surface area contributed by atoms with E-state index in [-0.39, 0.29) is 22.4 Å². The van der Waals surface area contributed by atoms with Gasteiger partial charge in [0.2, 0.25) is 10.0 Å². The lowest BCUT2D eigenvalue weighted by Gasteiger charge is -2.21. The molecule has 2 rings (SSSR count). The molecule has 0 amide bonds. The number of ether oxygens (including phenoxy) is 1. The van der Waals surface area contributed by atoms with Crippen molar-refractivity contribution >= 4 is 15.7 Å². The van der Waals surface area contributed by atoms with Crippen molar-refractivity contribution in [1.29, 1.82) is 0 Å². The van der Waals surface area contributed by atoms with Gasteiger partial charge in [-0.25, -0.2) is 13.1 Å². The third-order valence-electron chi connectivity index (χ3n) is 4.07. The molecule has 0 saturated heterocycles. The Morgan fingerprint density at radius 2 is 1.78 bits per heavy atom. The molecular formula is C15H22N2O5S. The summed E-state index contributed by atoms with van der Waals surface area (Å²) in [6, 6.07) is 3.43. The van der Waals surface area contributed by atoms with Crippen molar-refractivity contribution in [3.8, 4) is 5.75 Å². The van der Waals surface area contributed by atoms with Crippen LogP contribution in [0.25, 0.3) is 0 Å². The number of hydrogen-bond acceptors (Lipinski definition) is 5. The summed E-state index contributed by atoms with van der Waals surface area (Å²) in [4.78, 5) is 10.2. The van der Waals surface area contributed by atoms with Gasteiger partial charge in [0.15, 0.2) is 0 Å². The minimum atomic E-state index is -3.77. The SMILES string of the molecule is COc1cc([N+](=O)[O-])ccc1S(=O)(=O)NC1CCCCCCC1. The van der Waals surface area contributed by atoms with E-state index in [1.165, 1.54) is 25.7 Å². The summed E-state index contributed by atoms with van der Waals surface area (Å²) in [6.07, 6.45) is 7.09. The second-order valence-corrected chi connectivity index (χ2v) is 7.44. The van der Waals surface area contributed by atoms with E-state index >= 15 is 0 Å². The predicted octanol–water partition coefficient (Wildman–Crippen LogP) is 2.99. The van der Waals surface area contributed by atoms with E-state index in [9.17, 15) is 18.5 Å². The molecule has 0 atom stereocenters. The summed E-state index contributed by atoms with van der Waals surface area (Å²) in [7, 11) is -2.47. The number of rotatable bonds is 5. The number of nitrogens with one attached hydrogen (secondary N) is 1. The molecule has 7 nitrogen and oxygen atoms in total. The molecule has 0 aromatic heterocycles. The first-order chi connectivity index (χ1) is 10.9. The van der Waals surface area contributed by atoms with Gasteiger partial charge in [-0.05, 0) is 18.9 Å². The van der Waals surface area contributed by atoms with Crippen LogP contribution < -0.4 is 9.46 Å². The van der Waals surface area contributed by atoms with Crippen molar-refractivity contribution in [3.63, 3.8) is 0 Å². The van der Waals surface area contributed by atoms with Crippen molar-refractivity contribution < 1.29 is 18.1 Å². The molecule has 1 aliphatic carbocycles. The van der Waals surface area contributed by atoms with Gasteiger partial charge in [-0.2, -0.15) is 0 Å². The number of methoxy groups -OCH3 is 1. The fraction of sp³-hybridized carbons (Fsp3) is 0.600. The molecule has 1 aromatic rings. The zero-order valence-corrected chi connectivity index (χ0v) is 14.0. The lowest BCUT2D eigenvalue weighted by atomic mass is 9.97. The molecule has 1 aromatic carbocycles. The van der Waals surface area contributed by atoms with E-state index in [1.807, 2.05) is 0 Å². The van der Waals surface area contributed by atoms with Gasteiger partial charge >= 0.3 is 0 Å². The Morgan fingerprint density at radius 3 is 2.35 bits per heavy atom. The van der Waals surface area contributed by atoms with Gasteiger partial charge in [-0.15, -0.1) is 0 Å². The number of hydrogen-bond donors (Lipinski definition) is 1. The molecule has 0 heterocycles. The monoisotopic (exact) mass is 342 g/mol. The maximum absolute atomic E-state index is 12.6. The Balaban J connectivity index is 2.22. The fourth-order valence-corrected chi connectivity index (χ4v) is 4.30. The summed E-state index contributed by atoms with van der Waals surface area (Å²) in [5, 5.41) is 10.8. The molecule has 1 N–H and O–H groups in total. The molecule has 1 aliphatic rings. The predicted molar refractivity (Wildman–Crippen MR) is 86.1 cm³/mol. The molecule has 23 heavy (non-hydrogen) atoms. The Morgan fingerprint density at radius 1 is 1.17 bits per heavy atom. The topological polar surface area (TPSA) is 98.5 Å². The van der Waals surface area contributed by atoms with Gasteiger partial charge in [-0.1, -0.05) is 32.1 Å². The molecule has 0 aliphatic heterocycles. The fourth-order valence-electron chi connectivity index (χ4n) is 2.85. The third-order valence-corrected chi connectivity index (χ3v) is 5.63. The van der Waals surface area contributed by atoms with E-state index in [0.717, 1.165) is 44.6 Å². The van der Waals surface area contributed by atoms with Crippen LogP contribution in [0.2, 0.25) is 0 Å². The van der Waals surface area contributed by atoms with E-state index < -0.39 is 14.9 Å². The smallest absolute Gasteiger partial charge is 0.273 e. The van der Waals surface area contributed by atoms with Crippen LogP contribution in [0.1, 0.15) is 44.9 Å². The standard InChI is InChI=1S/C15H22N2O5S/c1-22-14-11-13(17(18)19)9-10-15(14)23(20,21)16-12-7-5-3-2-4-6-8-12/h9-12,16H,2-8H2,1H3. The molecule has 8 heteroatoms. The van der Waals surface area contributed by atoms with Crippen molar-refractivity contribution in [1.82, 2.24) is 4.72 Å². The highest BCUT2D eigenvalue weighted by atomic mass is 32.2. The summed E-state index contributed by atoms with van der Waals surface area (Å²) < 4.78 is 33.0. The van der Waals surface area contributed by atoms with Gasteiger partial charge < -0.3 is 4.74 Å². The quantitative estimate of drug-likeness (QED) is 0.655. The van der Waals surface area contributed by atoms with Crippen LogP contribution in [-0.2, 0) is 10.0 Å². The van der Waals surface area contributed by atoms with Gasteiger partial charge in [-0.3, -0.25) is 10.1 Å². The second-order valence-electron chi connectivity index (χ2n) is 5.76. The first-order valence-corrected chi connectivity index (χ1v) is 9.27. The van der Waals surface area contributed by atoms with Crippen molar-refractivity contribution in [2.45, 2.75) is 55.9 Å². The Labute approximate surface area is 136 Å². The van der Waals surface area contributed by atoms with Crippen LogP contribution in [0, 0.1) is 10.1 Å². The number of nitro groups is 1. The Hall–Kier alpha value is -1.67. The number of non-ortho nitro benzene ring substituents is 1. The van der Waals surface area contributed by atoms with E-state index in [4.69, 9.17) is 4.74 Å². The maximum atomic E-state index is 12.6. The number of sulfonamides is 1. The second kappa shape index (κ2) is 7.74. The lowest BCUT2D eigenvalue weighted by molar-refractivity contribution is -0.385. The average Bonchev–Trinajstić information content (AvgIpc) is 2.49. The molecule has 0 spiro atoms. The molecule has 128 valence electrons. The molecule has 1 fully saturated rings. The minimum Gasteiger partial charge on any atom is -0.495 e. The summed E-state index contributed by atoms with van der Waals surface area (Å²) in [6.45, 7) is 0. The van der Waals surface area contributed by atoms with Gasteiger partial charge in [0.25, 0.3) is 5.69 Å². The van der Waals surface area contributed by atoms with Gasteiger partial charge in [0.1, 0.15) is 10.6 Å². The summed E-state index contributed by atoms with van der Waals surface area (Å²) >= 11 is 0. The molecule has 0 bridgehead atoms. The lowest BCUT2D eigenvalue weighted by Crippen LogP contribution is -2.35. The Kier molecular flexibility index (Phi) is 5.95. The number of nitro benzene ring substituents is 1. The zero-order chi connectivity index (χ0) is 16.9. The summed E-state index contributed by atoms with van der Waals surface area (Å²) in [5.41, 5.74) is -0.202. The molecular weight excluding hydrogens is 320 g/mol. The van der Waals surface area contributed by atoms with Crippen LogP contribution in [0.5, 0.6) is 5.75 Å². The van der Waals surface area contributed by atoms with Crippen molar-refractivity contribution in [3.05, 3.63) is 28.3 Å². The zero-order valence-electron chi connectivity index (χ0n) is 13.2. The molecule has 0 radical (unpaired) electrons. The highest BCUT2D eigenvalue weighted by molar-refractivity contribution is 7.89. The van der Waals surface area contributed by atoms with Crippen LogP contribution >= 0.6 is 0 Å². The van der Waals surface area contributed by atoms with Crippen LogP contribution in [0.3, 0.4) is 0 Å². The van der Waals surface area contributed by atoms with Crippen molar-refractivity contribution in [2.75, 3.05) is 7.11 Å². The Bertz CT molecular complexity index is 652.